The van der Waals surface area contributed by atoms with Gasteiger partial charge in [0, 0.05) is 6.42 Å². The highest BCUT2D eigenvalue weighted by atomic mass is 16.3. The maximum absolute atomic E-state index is 10.2. The Labute approximate surface area is 90.9 Å². The molecule has 0 unspecified atom stereocenters. The van der Waals surface area contributed by atoms with Crippen molar-refractivity contribution in [2.75, 3.05) is 0 Å². The zero-order chi connectivity index (χ0) is 11.3. The van der Waals surface area contributed by atoms with Gasteiger partial charge in [-0.15, -0.1) is 0 Å². The smallest absolute Gasteiger partial charge is 0.120 e. The number of hydrogen-bond acceptors (Lipinski definition) is 2. The zero-order valence-electron chi connectivity index (χ0n) is 9.36. The molecule has 0 aromatic heterocycles. The summed E-state index contributed by atoms with van der Waals surface area (Å²) < 4.78 is 0. The normalized spacial score (nSPS) is 10.6. The van der Waals surface area contributed by atoms with Crippen molar-refractivity contribution in [1.82, 2.24) is 0 Å². The molecule has 0 amide bonds. The molecule has 82 valence electrons. The molecule has 0 atom stereocenters. The van der Waals surface area contributed by atoms with Gasteiger partial charge in [0.25, 0.3) is 0 Å². The van der Waals surface area contributed by atoms with Crippen molar-refractivity contribution >= 4 is 6.29 Å². The molecule has 1 aromatic carbocycles. The van der Waals surface area contributed by atoms with E-state index in [1.54, 1.807) is 6.07 Å². The SMILES string of the molecule is CC(C)c1cc(CCCC=O)ccc1O. The maximum Gasteiger partial charge on any atom is 0.120 e. The van der Waals surface area contributed by atoms with Gasteiger partial charge in [0.05, 0.1) is 0 Å². The van der Waals surface area contributed by atoms with Crippen molar-refractivity contribution in [2.45, 2.75) is 39.0 Å². The number of aromatic hydroxyl groups is 1. The molecule has 0 radical (unpaired) electrons. The van der Waals surface area contributed by atoms with E-state index < -0.39 is 0 Å². The van der Waals surface area contributed by atoms with E-state index in [9.17, 15) is 9.90 Å². The number of aryl methyl sites for hydroxylation is 1. The van der Waals surface area contributed by atoms with Crippen LogP contribution in [0.3, 0.4) is 0 Å². The average molecular weight is 206 g/mol. The van der Waals surface area contributed by atoms with Gasteiger partial charge in [-0.1, -0.05) is 26.0 Å². The molecule has 0 saturated carbocycles. The van der Waals surface area contributed by atoms with Crippen LogP contribution in [0.15, 0.2) is 18.2 Å². The summed E-state index contributed by atoms with van der Waals surface area (Å²) in [5.41, 5.74) is 2.18. The highest BCUT2D eigenvalue weighted by Crippen LogP contribution is 2.26. The largest absolute Gasteiger partial charge is 0.508 e. The van der Waals surface area contributed by atoms with E-state index in [2.05, 4.69) is 13.8 Å². The number of carbonyl (C=O) groups excluding carboxylic acids is 1. The summed E-state index contributed by atoms with van der Waals surface area (Å²) in [5, 5.41) is 9.62. The van der Waals surface area contributed by atoms with E-state index in [0.29, 0.717) is 18.1 Å². The Morgan fingerprint density at radius 2 is 2.13 bits per heavy atom. The second kappa shape index (κ2) is 5.54. The third kappa shape index (κ3) is 3.39. The standard InChI is InChI=1S/C13H18O2/c1-10(2)12-9-11(5-3-4-8-14)6-7-13(12)15/h6-10,15H,3-5H2,1-2H3. The Morgan fingerprint density at radius 3 is 2.73 bits per heavy atom. The number of rotatable bonds is 5. The van der Waals surface area contributed by atoms with Crippen molar-refractivity contribution in [2.24, 2.45) is 0 Å². The van der Waals surface area contributed by atoms with Crippen molar-refractivity contribution in [3.63, 3.8) is 0 Å². The van der Waals surface area contributed by atoms with Crippen LogP contribution in [0.4, 0.5) is 0 Å². The number of benzene rings is 1. The molecule has 0 spiro atoms. The lowest BCUT2D eigenvalue weighted by Gasteiger charge is -2.10. The van der Waals surface area contributed by atoms with Gasteiger partial charge >= 0.3 is 0 Å². The summed E-state index contributed by atoms with van der Waals surface area (Å²) in [5.74, 6) is 0.695. The van der Waals surface area contributed by atoms with E-state index in [0.717, 1.165) is 24.7 Å². The molecule has 0 aliphatic heterocycles. The second-order valence-electron chi connectivity index (χ2n) is 4.11. The van der Waals surface area contributed by atoms with Gasteiger partial charge in [0.2, 0.25) is 0 Å². The number of unbranched alkanes of at least 4 members (excludes halogenated alkanes) is 1. The van der Waals surface area contributed by atoms with Gasteiger partial charge in [-0.3, -0.25) is 0 Å². The number of hydrogen-bond donors (Lipinski definition) is 1. The molecule has 1 N–H and O–H groups in total. The topological polar surface area (TPSA) is 37.3 Å². The first kappa shape index (κ1) is 11.8. The first-order valence-electron chi connectivity index (χ1n) is 5.40. The maximum atomic E-state index is 10.2. The van der Waals surface area contributed by atoms with Crippen LogP contribution in [-0.2, 0) is 11.2 Å². The minimum absolute atomic E-state index is 0.330. The molecule has 0 fully saturated rings. The summed E-state index contributed by atoms with van der Waals surface area (Å²) in [7, 11) is 0. The monoisotopic (exact) mass is 206 g/mol. The van der Waals surface area contributed by atoms with Crippen LogP contribution in [0.25, 0.3) is 0 Å². The average Bonchev–Trinajstić information content (AvgIpc) is 2.20. The van der Waals surface area contributed by atoms with Gasteiger partial charge < -0.3 is 9.90 Å². The van der Waals surface area contributed by atoms with Crippen molar-refractivity contribution < 1.29 is 9.90 Å². The summed E-state index contributed by atoms with van der Waals surface area (Å²) in [6, 6.07) is 5.70. The molecular formula is C13H18O2. The van der Waals surface area contributed by atoms with E-state index in [-0.39, 0.29) is 0 Å². The Hall–Kier alpha value is -1.31. The number of aldehydes is 1. The highest BCUT2D eigenvalue weighted by molar-refractivity contribution is 5.49. The molecule has 1 aromatic rings. The zero-order valence-corrected chi connectivity index (χ0v) is 9.36. The van der Waals surface area contributed by atoms with Gasteiger partial charge in [0.1, 0.15) is 12.0 Å². The fourth-order valence-electron chi connectivity index (χ4n) is 1.61. The molecule has 0 heterocycles. The fraction of sp³-hybridized carbons (Fsp3) is 0.462. The Kier molecular flexibility index (Phi) is 4.35. The molecule has 0 bridgehead atoms. The molecule has 2 heteroatoms. The molecular weight excluding hydrogens is 188 g/mol. The van der Waals surface area contributed by atoms with Crippen molar-refractivity contribution in [3.05, 3.63) is 29.3 Å². The quantitative estimate of drug-likeness (QED) is 0.594. The number of phenolic OH excluding ortho intramolecular Hbond substituents is 1. The predicted molar refractivity (Wildman–Crippen MR) is 61.2 cm³/mol. The number of phenols is 1. The lowest BCUT2D eigenvalue weighted by atomic mass is 9.97. The third-order valence-corrected chi connectivity index (χ3v) is 2.50. The molecule has 1 rings (SSSR count). The first-order valence-corrected chi connectivity index (χ1v) is 5.40. The van der Waals surface area contributed by atoms with Crippen molar-refractivity contribution in [1.29, 1.82) is 0 Å². The van der Waals surface area contributed by atoms with E-state index >= 15 is 0 Å². The van der Waals surface area contributed by atoms with Crippen LogP contribution in [0.2, 0.25) is 0 Å². The Balaban J connectivity index is 2.74. The van der Waals surface area contributed by atoms with Crippen LogP contribution in [0.1, 0.15) is 43.7 Å². The minimum Gasteiger partial charge on any atom is -0.508 e. The Bertz CT molecular complexity index is 329. The molecule has 0 aliphatic carbocycles. The fourth-order valence-corrected chi connectivity index (χ4v) is 1.61. The van der Waals surface area contributed by atoms with Crippen LogP contribution in [0.5, 0.6) is 5.75 Å². The van der Waals surface area contributed by atoms with Crippen LogP contribution in [0, 0.1) is 0 Å². The predicted octanol–water partition coefficient (Wildman–Crippen LogP) is 3.04. The summed E-state index contributed by atoms with van der Waals surface area (Å²) >= 11 is 0. The molecule has 15 heavy (non-hydrogen) atoms. The van der Waals surface area contributed by atoms with E-state index in [1.165, 1.54) is 5.56 Å². The minimum atomic E-state index is 0.330. The van der Waals surface area contributed by atoms with E-state index in [4.69, 9.17) is 0 Å². The lowest BCUT2D eigenvalue weighted by molar-refractivity contribution is -0.107. The first-order chi connectivity index (χ1) is 7.15. The summed E-state index contributed by atoms with van der Waals surface area (Å²) in [6.07, 6.45) is 3.34. The summed E-state index contributed by atoms with van der Waals surface area (Å²) in [6.45, 7) is 4.12. The van der Waals surface area contributed by atoms with Gasteiger partial charge in [-0.25, -0.2) is 0 Å². The van der Waals surface area contributed by atoms with Crippen LogP contribution >= 0.6 is 0 Å². The summed E-state index contributed by atoms with van der Waals surface area (Å²) in [4.78, 5) is 10.2. The van der Waals surface area contributed by atoms with Gasteiger partial charge in [-0.05, 0) is 36.0 Å². The lowest BCUT2D eigenvalue weighted by Crippen LogP contribution is -1.92. The van der Waals surface area contributed by atoms with Crippen LogP contribution in [-0.4, -0.2) is 11.4 Å². The third-order valence-electron chi connectivity index (χ3n) is 2.50. The molecule has 0 aliphatic rings. The van der Waals surface area contributed by atoms with Gasteiger partial charge in [0.15, 0.2) is 0 Å². The second-order valence-corrected chi connectivity index (χ2v) is 4.11. The van der Waals surface area contributed by atoms with E-state index in [1.807, 2.05) is 12.1 Å². The number of carbonyl (C=O) groups is 1. The van der Waals surface area contributed by atoms with Gasteiger partial charge in [-0.2, -0.15) is 0 Å². The molecule has 0 saturated heterocycles. The highest BCUT2D eigenvalue weighted by Gasteiger charge is 2.06. The van der Waals surface area contributed by atoms with Crippen LogP contribution < -0.4 is 0 Å². The molecule has 2 nitrogen and oxygen atoms in total. The van der Waals surface area contributed by atoms with Crippen molar-refractivity contribution in [3.8, 4) is 5.75 Å². The Morgan fingerprint density at radius 1 is 1.40 bits per heavy atom.